The van der Waals surface area contributed by atoms with Crippen LogP contribution in [0.15, 0.2) is 18.2 Å². The summed E-state index contributed by atoms with van der Waals surface area (Å²) in [7, 11) is 4.13. The van der Waals surface area contributed by atoms with Crippen LogP contribution in [-0.2, 0) is 0 Å². The number of likely N-dealkylation sites (N-methyl/N-ethyl adjacent to an activating group) is 1. The minimum absolute atomic E-state index is 0.0670. The molecule has 0 amide bonds. The fourth-order valence-electron chi connectivity index (χ4n) is 2.72. The topological polar surface area (TPSA) is 23.6 Å². The molecule has 1 aliphatic heterocycles. The van der Waals surface area contributed by atoms with Crippen LogP contribution < -0.4 is 0 Å². The maximum absolute atomic E-state index is 12.4. The first-order valence-corrected chi connectivity index (χ1v) is 7.60. The minimum Gasteiger partial charge on any atom is -0.308 e. The van der Waals surface area contributed by atoms with Crippen molar-refractivity contribution in [3.05, 3.63) is 33.8 Å². The second-order valence-electron chi connectivity index (χ2n) is 5.58. The van der Waals surface area contributed by atoms with Crippen LogP contribution in [-0.4, -0.2) is 55.4 Å². The molecule has 1 fully saturated rings. The summed E-state index contributed by atoms with van der Waals surface area (Å²) in [5, 5.41) is 0.990. The number of ketones is 1. The number of rotatable bonds is 5. The molecule has 1 saturated heterocycles. The number of nitrogens with zero attached hydrogens (tertiary/aromatic N) is 2. The van der Waals surface area contributed by atoms with Crippen molar-refractivity contribution in [3.8, 4) is 0 Å². The molecule has 110 valence electrons. The van der Waals surface area contributed by atoms with E-state index in [1.165, 1.54) is 0 Å². The number of carbonyl (C=O) groups excluding carboxylic acids is 1. The van der Waals surface area contributed by atoms with Gasteiger partial charge in [0, 0.05) is 23.2 Å². The molecule has 1 atom stereocenters. The van der Waals surface area contributed by atoms with E-state index < -0.39 is 0 Å². The number of halogens is 2. The van der Waals surface area contributed by atoms with Crippen LogP contribution in [0.4, 0.5) is 0 Å². The van der Waals surface area contributed by atoms with Gasteiger partial charge in [-0.2, -0.15) is 0 Å². The zero-order valence-electron chi connectivity index (χ0n) is 11.9. The van der Waals surface area contributed by atoms with Crippen LogP contribution in [0.2, 0.25) is 10.0 Å². The summed E-state index contributed by atoms with van der Waals surface area (Å²) >= 11 is 12.0. The Bertz CT molecular complexity index is 491. The molecule has 1 unspecified atom stereocenters. The monoisotopic (exact) mass is 314 g/mol. The number of hydrogen-bond donors (Lipinski definition) is 0. The summed E-state index contributed by atoms with van der Waals surface area (Å²) < 4.78 is 0. The zero-order chi connectivity index (χ0) is 14.7. The lowest BCUT2D eigenvalue weighted by atomic mass is 10.1. The predicted molar refractivity (Wildman–Crippen MR) is 83.9 cm³/mol. The number of Topliss-reactive ketones (excluding diaryl/α,β-unsaturated/α-hetero) is 1. The van der Waals surface area contributed by atoms with Gasteiger partial charge in [-0.05, 0) is 51.7 Å². The summed E-state index contributed by atoms with van der Waals surface area (Å²) in [6.07, 6.45) is 2.31. The van der Waals surface area contributed by atoms with Crippen molar-refractivity contribution in [1.29, 1.82) is 0 Å². The van der Waals surface area contributed by atoms with Crippen LogP contribution in [0.3, 0.4) is 0 Å². The molecule has 0 saturated carbocycles. The summed E-state index contributed by atoms with van der Waals surface area (Å²) in [4.78, 5) is 16.8. The van der Waals surface area contributed by atoms with Crippen LogP contribution in [0.25, 0.3) is 0 Å². The lowest BCUT2D eigenvalue weighted by Gasteiger charge is -2.26. The highest BCUT2D eigenvalue weighted by Crippen LogP contribution is 2.23. The van der Waals surface area contributed by atoms with E-state index in [0.717, 1.165) is 25.9 Å². The highest BCUT2D eigenvalue weighted by Gasteiger charge is 2.27. The minimum atomic E-state index is 0.0670. The van der Waals surface area contributed by atoms with E-state index in [2.05, 4.69) is 23.9 Å². The first-order chi connectivity index (χ1) is 9.47. The van der Waals surface area contributed by atoms with Gasteiger partial charge < -0.3 is 4.90 Å². The van der Waals surface area contributed by atoms with Gasteiger partial charge in [-0.3, -0.25) is 9.69 Å². The second kappa shape index (κ2) is 6.90. The quantitative estimate of drug-likeness (QED) is 0.780. The molecule has 0 radical (unpaired) electrons. The molecule has 1 aromatic carbocycles. The van der Waals surface area contributed by atoms with Crippen molar-refractivity contribution in [2.75, 3.05) is 33.7 Å². The Morgan fingerprint density at radius 2 is 2.15 bits per heavy atom. The van der Waals surface area contributed by atoms with E-state index in [0.29, 0.717) is 28.2 Å². The van der Waals surface area contributed by atoms with E-state index in [9.17, 15) is 4.79 Å². The number of benzene rings is 1. The SMILES string of the molecule is CN(C)CC1CCCN1CC(=O)c1ccc(Cl)cc1Cl. The molecule has 3 nitrogen and oxygen atoms in total. The molecule has 0 N–H and O–H groups in total. The van der Waals surface area contributed by atoms with Gasteiger partial charge in [0.05, 0.1) is 11.6 Å². The molecular weight excluding hydrogens is 295 g/mol. The molecular formula is C15H20Cl2N2O. The van der Waals surface area contributed by atoms with Gasteiger partial charge in [-0.1, -0.05) is 23.2 Å². The highest BCUT2D eigenvalue weighted by molar-refractivity contribution is 6.36. The Morgan fingerprint density at radius 3 is 2.80 bits per heavy atom. The standard InChI is InChI=1S/C15H20Cl2N2O/c1-18(2)9-12-4-3-7-19(12)10-15(20)13-6-5-11(16)8-14(13)17/h5-6,8,12H,3-4,7,9-10H2,1-2H3. The first kappa shape index (κ1) is 15.8. The predicted octanol–water partition coefficient (Wildman–Crippen LogP) is 3.20. The zero-order valence-corrected chi connectivity index (χ0v) is 13.4. The van der Waals surface area contributed by atoms with Gasteiger partial charge in [0.2, 0.25) is 0 Å². The van der Waals surface area contributed by atoms with Crippen molar-refractivity contribution in [3.63, 3.8) is 0 Å². The Labute approximate surface area is 130 Å². The number of likely N-dealkylation sites (tertiary alicyclic amines) is 1. The Morgan fingerprint density at radius 1 is 1.40 bits per heavy atom. The Kier molecular flexibility index (Phi) is 5.44. The van der Waals surface area contributed by atoms with E-state index >= 15 is 0 Å². The molecule has 0 aromatic heterocycles. The molecule has 0 aliphatic carbocycles. The van der Waals surface area contributed by atoms with E-state index in [4.69, 9.17) is 23.2 Å². The van der Waals surface area contributed by atoms with Gasteiger partial charge in [-0.25, -0.2) is 0 Å². The van der Waals surface area contributed by atoms with E-state index in [1.54, 1.807) is 18.2 Å². The second-order valence-corrected chi connectivity index (χ2v) is 6.42. The van der Waals surface area contributed by atoms with Gasteiger partial charge in [-0.15, -0.1) is 0 Å². The lowest BCUT2D eigenvalue weighted by Crippen LogP contribution is -2.40. The van der Waals surface area contributed by atoms with Crippen molar-refractivity contribution in [2.24, 2.45) is 0 Å². The normalized spacial score (nSPS) is 19.8. The van der Waals surface area contributed by atoms with Gasteiger partial charge in [0.15, 0.2) is 5.78 Å². The van der Waals surface area contributed by atoms with E-state index in [1.807, 2.05) is 0 Å². The lowest BCUT2D eigenvalue weighted by molar-refractivity contribution is 0.0910. The first-order valence-electron chi connectivity index (χ1n) is 6.84. The van der Waals surface area contributed by atoms with Crippen LogP contribution in [0.1, 0.15) is 23.2 Å². The molecule has 0 bridgehead atoms. The maximum atomic E-state index is 12.4. The number of hydrogen-bond acceptors (Lipinski definition) is 3. The van der Waals surface area contributed by atoms with Crippen molar-refractivity contribution in [2.45, 2.75) is 18.9 Å². The molecule has 5 heteroatoms. The molecule has 1 aliphatic rings. The van der Waals surface area contributed by atoms with Crippen LogP contribution in [0, 0.1) is 0 Å². The Balaban J connectivity index is 2.03. The van der Waals surface area contributed by atoms with Gasteiger partial charge in [0.25, 0.3) is 0 Å². The average Bonchev–Trinajstić information content (AvgIpc) is 2.75. The molecule has 1 aromatic rings. The molecule has 0 spiro atoms. The number of carbonyl (C=O) groups is 1. The van der Waals surface area contributed by atoms with Crippen molar-refractivity contribution in [1.82, 2.24) is 9.80 Å². The van der Waals surface area contributed by atoms with Crippen molar-refractivity contribution >= 4 is 29.0 Å². The average molecular weight is 315 g/mol. The highest BCUT2D eigenvalue weighted by atomic mass is 35.5. The molecule has 20 heavy (non-hydrogen) atoms. The summed E-state index contributed by atoms with van der Waals surface area (Å²) in [6, 6.07) is 5.50. The van der Waals surface area contributed by atoms with Crippen LogP contribution >= 0.6 is 23.2 Å². The fraction of sp³-hybridized carbons (Fsp3) is 0.533. The third-order valence-corrected chi connectivity index (χ3v) is 4.20. The molecule has 1 heterocycles. The molecule has 2 rings (SSSR count). The fourth-order valence-corrected chi connectivity index (χ4v) is 3.23. The summed E-state index contributed by atoms with van der Waals surface area (Å²) in [5.74, 6) is 0.0670. The largest absolute Gasteiger partial charge is 0.308 e. The third kappa shape index (κ3) is 3.95. The van der Waals surface area contributed by atoms with Crippen molar-refractivity contribution < 1.29 is 4.79 Å². The van der Waals surface area contributed by atoms with Gasteiger partial charge in [0.1, 0.15) is 0 Å². The summed E-state index contributed by atoms with van der Waals surface area (Å²) in [5.41, 5.74) is 0.562. The summed E-state index contributed by atoms with van der Waals surface area (Å²) in [6.45, 7) is 2.40. The third-order valence-electron chi connectivity index (χ3n) is 3.65. The van der Waals surface area contributed by atoms with E-state index in [-0.39, 0.29) is 5.78 Å². The Hall–Kier alpha value is -0.610. The smallest absolute Gasteiger partial charge is 0.178 e. The van der Waals surface area contributed by atoms with Gasteiger partial charge >= 0.3 is 0 Å². The van der Waals surface area contributed by atoms with Crippen LogP contribution in [0.5, 0.6) is 0 Å². The maximum Gasteiger partial charge on any atom is 0.178 e.